The van der Waals surface area contributed by atoms with Crippen LogP contribution in [0.2, 0.25) is 0 Å². The van der Waals surface area contributed by atoms with Crippen LogP contribution in [0.25, 0.3) is 0 Å². The average Bonchev–Trinajstić information content (AvgIpc) is 3.24. The first-order valence-electron chi connectivity index (χ1n) is 8.03. The van der Waals surface area contributed by atoms with Crippen LogP contribution in [0, 0.1) is 0 Å². The predicted octanol–water partition coefficient (Wildman–Crippen LogP) is 1.51. The molecule has 7 nitrogen and oxygen atoms in total. The van der Waals surface area contributed by atoms with Crippen molar-refractivity contribution in [1.82, 2.24) is 4.90 Å². The number of hydrogen-bond donors (Lipinski definition) is 0. The van der Waals surface area contributed by atoms with E-state index in [1.54, 1.807) is 29.8 Å². The van der Waals surface area contributed by atoms with Crippen LogP contribution >= 0.6 is 0 Å². The summed E-state index contributed by atoms with van der Waals surface area (Å²) in [4.78, 5) is 16.2. The van der Waals surface area contributed by atoms with E-state index in [1.165, 1.54) is 0 Å². The second-order valence-corrected chi connectivity index (χ2v) is 6.28. The Labute approximate surface area is 139 Å². The summed E-state index contributed by atoms with van der Waals surface area (Å²) < 4.78 is 22.3. The van der Waals surface area contributed by atoms with E-state index in [0.717, 1.165) is 18.0 Å². The summed E-state index contributed by atoms with van der Waals surface area (Å²) >= 11 is 0. The fraction of sp³-hybridized carbons (Fsp3) is 0.471. The van der Waals surface area contributed by atoms with Crippen molar-refractivity contribution < 1.29 is 23.1 Å². The highest BCUT2D eigenvalue weighted by molar-refractivity contribution is 5.95. The number of morpholine rings is 1. The van der Waals surface area contributed by atoms with Crippen molar-refractivity contribution in [2.75, 3.05) is 44.4 Å². The molecular formula is C17H20N2O5. The SMILES string of the molecule is O=C1COC2(COCCN(Cc3ccco3)C2)CN1c1ccoc1. The van der Waals surface area contributed by atoms with E-state index in [0.29, 0.717) is 32.8 Å². The Kier molecular flexibility index (Phi) is 4.13. The number of rotatable bonds is 3. The molecule has 2 fully saturated rings. The van der Waals surface area contributed by atoms with Gasteiger partial charge in [-0.05, 0) is 12.1 Å². The molecule has 1 atom stereocenters. The Hall–Kier alpha value is -2.09. The Morgan fingerprint density at radius 1 is 1.21 bits per heavy atom. The molecular weight excluding hydrogens is 312 g/mol. The molecule has 4 heterocycles. The minimum atomic E-state index is -0.547. The van der Waals surface area contributed by atoms with Gasteiger partial charge >= 0.3 is 0 Å². The van der Waals surface area contributed by atoms with Crippen LogP contribution in [0.3, 0.4) is 0 Å². The Balaban J connectivity index is 1.52. The molecule has 1 amide bonds. The molecule has 2 aliphatic rings. The highest BCUT2D eigenvalue weighted by Gasteiger charge is 2.43. The summed E-state index contributed by atoms with van der Waals surface area (Å²) in [6, 6.07) is 5.63. The molecule has 2 aromatic heterocycles. The molecule has 0 radical (unpaired) electrons. The third-order valence-electron chi connectivity index (χ3n) is 4.46. The lowest BCUT2D eigenvalue weighted by Gasteiger charge is -2.42. The maximum absolute atomic E-state index is 12.2. The van der Waals surface area contributed by atoms with Gasteiger partial charge in [0.1, 0.15) is 24.2 Å². The number of ether oxygens (including phenoxy) is 2. The van der Waals surface area contributed by atoms with Gasteiger partial charge in [-0.3, -0.25) is 9.69 Å². The molecule has 24 heavy (non-hydrogen) atoms. The lowest BCUT2D eigenvalue weighted by Crippen LogP contribution is -2.60. The van der Waals surface area contributed by atoms with Crippen LogP contribution in [-0.2, 0) is 20.8 Å². The van der Waals surface area contributed by atoms with Crippen LogP contribution < -0.4 is 4.90 Å². The number of nitrogens with zero attached hydrogens (tertiary/aromatic N) is 2. The van der Waals surface area contributed by atoms with Crippen molar-refractivity contribution >= 4 is 11.6 Å². The number of hydrogen-bond acceptors (Lipinski definition) is 6. The number of carbonyl (C=O) groups excluding carboxylic acids is 1. The Bertz CT molecular complexity index is 669. The van der Waals surface area contributed by atoms with E-state index < -0.39 is 5.60 Å². The van der Waals surface area contributed by atoms with Gasteiger partial charge in [-0.25, -0.2) is 0 Å². The number of carbonyl (C=O) groups is 1. The van der Waals surface area contributed by atoms with E-state index in [4.69, 9.17) is 18.3 Å². The number of furan rings is 2. The first-order chi connectivity index (χ1) is 11.7. The van der Waals surface area contributed by atoms with Crippen molar-refractivity contribution in [2.24, 2.45) is 0 Å². The summed E-state index contributed by atoms with van der Waals surface area (Å²) in [6.07, 6.45) is 4.82. The van der Waals surface area contributed by atoms with Gasteiger partial charge in [0, 0.05) is 19.2 Å². The second-order valence-electron chi connectivity index (χ2n) is 6.28. The van der Waals surface area contributed by atoms with Crippen molar-refractivity contribution in [2.45, 2.75) is 12.1 Å². The van der Waals surface area contributed by atoms with Gasteiger partial charge in [-0.1, -0.05) is 0 Å². The zero-order chi connectivity index (χ0) is 16.4. The lowest BCUT2D eigenvalue weighted by atomic mass is 10.0. The van der Waals surface area contributed by atoms with Crippen molar-refractivity contribution in [3.8, 4) is 0 Å². The highest BCUT2D eigenvalue weighted by atomic mass is 16.6. The minimum absolute atomic E-state index is 0.0448. The van der Waals surface area contributed by atoms with Crippen molar-refractivity contribution in [3.63, 3.8) is 0 Å². The molecule has 0 aliphatic carbocycles. The van der Waals surface area contributed by atoms with Crippen molar-refractivity contribution in [3.05, 3.63) is 42.7 Å². The fourth-order valence-corrected chi connectivity index (χ4v) is 3.29. The first-order valence-corrected chi connectivity index (χ1v) is 8.03. The minimum Gasteiger partial charge on any atom is -0.470 e. The molecule has 2 aromatic rings. The molecule has 2 aliphatic heterocycles. The first kappa shape index (κ1) is 15.4. The van der Waals surface area contributed by atoms with Gasteiger partial charge in [0.2, 0.25) is 0 Å². The second kappa shape index (κ2) is 6.43. The summed E-state index contributed by atoms with van der Waals surface area (Å²) in [5, 5.41) is 0. The molecule has 1 unspecified atom stereocenters. The van der Waals surface area contributed by atoms with E-state index in [-0.39, 0.29) is 12.5 Å². The van der Waals surface area contributed by atoms with Gasteiger partial charge in [-0.2, -0.15) is 0 Å². The summed E-state index contributed by atoms with van der Waals surface area (Å²) in [5.41, 5.74) is 0.207. The molecule has 1 spiro atoms. The molecule has 128 valence electrons. The van der Waals surface area contributed by atoms with Crippen LogP contribution in [0.15, 0.2) is 45.8 Å². The Morgan fingerprint density at radius 3 is 2.96 bits per heavy atom. The standard InChI is InChI=1S/C17H20N2O5/c20-16-10-24-17(12-19(16)14-3-6-21-9-14)11-18(4-7-22-13-17)8-15-2-1-5-23-15/h1-3,5-6,9H,4,7-8,10-13H2. The zero-order valence-corrected chi connectivity index (χ0v) is 13.3. The smallest absolute Gasteiger partial charge is 0.253 e. The molecule has 0 saturated carbocycles. The molecule has 7 heteroatoms. The fourth-order valence-electron chi connectivity index (χ4n) is 3.29. The van der Waals surface area contributed by atoms with Crippen LogP contribution in [-0.4, -0.2) is 55.9 Å². The van der Waals surface area contributed by atoms with E-state index >= 15 is 0 Å². The normalized spacial score (nSPS) is 26.0. The van der Waals surface area contributed by atoms with Gasteiger partial charge < -0.3 is 23.2 Å². The van der Waals surface area contributed by atoms with Gasteiger partial charge in [0.25, 0.3) is 5.91 Å². The largest absolute Gasteiger partial charge is 0.470 e. The maximum atomic E-state index is 12.2. The van der Waals surface area contributed by atoms with Crippen molar-refractivity contribution in [1.29, 1.82) is 0 Å². The highest BCUT2D eigenvalue weighted by Crippen LogP contribution is 2.28. The number of anilines is 1. The monoisotopic (exact) mass is 332 g/mol. The van der Waals surface area contributed by atoms with E-state index in [1.807, 2.05) is 12.1 Å². The summed E-state index contributed by atoms with van der Waals surface area (Å²) in [7, 11) is 0. The predicted molar refractivity (Wildman–Crippen MR) is 84.5 cm³/mol. The van der Waals surface area contributed by atoms with Crippen LogP contribution in [0.5, 0.6) is 0 Å². The maximum Gasteiger partial charge on any atom is 0.253 e. The quantitative estimate of drug-likeness (QED) is 0.849. The molecule has 0 aromatic carbocycles. The summed E-state index contributed by atoms with van der Waals surface area (Å²) in [6.45, 7) is 3.75. The van der Waals surface area contributed by atoms with Crippen LogP contribution in [0.1, 0.15) is 5.76 Å². The molecule has 0 bridgehead atoms. The van der Waals surface area contributed by atoms with Crippen LogP contribution in [0.4, 0.5) is 5.69 Å². The lowest BCUT2D eigenvalue weighted by molar-refractivity contribution is -0.146. The zero-order valence-electron chi connectivity index (χ0n) is 13.3. The molecule has 4 rings (SSSR count). The molecule has 0 N–H and O–H groups in total. The summed E-state index contributed by atoms with van der Waals surface area (Å²) in [5.74, 6) is 0.842. The van der Waals surface area contributed by atoms with Gasteiger partial charge in [-0.15, -0.1) is 0 Å². The number of amides is 1. The van der Waals surface area contributed by atoms with Gasteiger partial charge in [0.15, 0.2) is 0 Å². The molecule has 2 saturated heterocycles. The van der Waals surface area contributed by atoms with Gasteiger partial charge in [0.05, 0.1) is 44.5 Å². The van der Waals surface area contributed by atoms with E-state index in [9.17, 15) is 4.79 Å². The Morgan fingerprint density at radius 2 is 2.17 bits per heavy atom. The third-order valence-corrected chi connectivity index (χ3v) is 4.46. The topological polar surface area (TPSA) is 68.3 Å². The third kappa shape index (κ3) is 3.10. The average molecular weight is 332 g/mol. The van der Waals surface area contributed by atoms with E-state index in [2.05, 4.69) is 4.90 Å².